The van der Waals surface area contributed by atoms with E-state index in [1.54, 1.807) is 18.5 Å². The number of amides is 1. The summed E-state index contributed by atoms with van der Waals surface area (Å²) in [5, 5.41) is 16.6. The smallest absolute Gasteiger partial charge is 0.275 e. The highest BCUT2D eigenvalue weighted by Gasteiger charge is 2.41. The molecule has 0 spiro atoms. The topological polar surface area (TPSA) is 137 Å². The van der Waals surface area contributed by atoms with Gasteiger partial charge in [-0.1, -0.05) is 19.8 Å². The number of hydrogen-bond acceptors (Lipinski definition) is 9. The summed E-state index contributed by atoms with van der Waals surface area (Å²) in [6.07, 6.45) is 8.63. The van der Waals surface area contributed by atoms with Crippen molar-refractivity contribution in [2.24, 2.45) is 5.41 Å². The minimum atomic E-state index is -0.710. The average molecular weight is 450 g/mol. The fourth-order valence-electron chi connectivity index (χ4n) is 4.33. The Balaban J connectivity index is 1.68. The van der Waals surface area contributed by atoms with Gasteiger partial charge >= 0.3 is 0 Å². The number of pyridine rings is 1. The van der Waals surface area contributed by atoms with Crippen LogP contribution >= 0.6 is 0 Å². The second kappa shape index (κ2) is 8.61. The van der Waals surface area contributed by atoms with Crippen molar-refractivity contribution >= 4 is 23.0 Å². The molecule has 0 bridgehead atoms. The Bertz CT molecular complexity index is 1240. The highest BCUT2D eigenvalue weighted by molar-refractivity contribution is 5.97. The van der Waals surface area contributed by atoms with Crippen molar-refractivity contribution in [3.8, 4) is 5.75 Å². The third-order valence-electron chi connectivity index (χ3n) is 6.28. The maximum atomic E-state index is 12.5. The number of anilines is 3. The van der Waals surface area contributed by atoms with Gasteiger partial charge in [-0.2, -0.15) is 0 Å². The van der Waals surface area contributed by atoms with E-state index in [2.05, 4.69) is 32.5 Å². The van der Waals surface area contributed by atoms with Crippen LogP contribution in [0.5, 0.6) is 5.75 Å². The first-order chi connectivity index (χ1) is 15.7. The van der Waals surface area contributed by atoms with Crippen molar-refractivity contribution in [1.82, 2.24) is 19.9 Å². The van der Waals surface area contributed by atoms with Crippen LogP contribution in [-0.4, -0.2) is 45.0 Å². The van der Waals surface area contributed by atoms with Gasteiger partial charge in [0.2, 0.25) is 0 Å². The Hall–Kier alpha value is -3.82. The van der Waals surface area contributed by atoms with E-state index in [0.717, 1.165) is 25.7 Å². The zero-order chi connectivity index (χ0) is 23.8. The molecular weight excluding hydrogens is 424 g/mol. The molecule has 4 rings (SSSR count). The molecule has 1 saturated carbocycles. The lowest BCUT2D eigenvalue weighted by molar-refractivity contribution is 0.0819. The van der Waals surface area contributed by atoms with Gasteiger partial charge in [-0.05, 0) is 30.4 Å². The Labute approximate surface area is 190 Å². The first-order valence-electron chi connectivity index (χ1n) is 10.8. The molecule has 0 unspecified atom stereocenters. The molecule has 3 aromatic rings. The minimum absolute atomic E-state index is 0.0206. The predicted octanol–water partition coefficient (Wildman–Crippen LogP) is 2.35. The van der Waals surface area contributed by atoms with Gasteiger partial charge in [0.05, 0.1) is 11.7 Å². The van der Waals surface area contributed by atoms with Crippen LogP contribution in [0, 0.1) is 5.41 Å². The fraction of sp³-hybridized carbons (Fsp3) is 0.391. The largest absolute Gasteiger partial charge is 0.504 e. The van der Waals surface area contributed by atoms with E-state index in [4.69, 9.17) is 0 Å². The summed E-state index contributed by atoms with van der Waals surface area (Å²) in [7, 11) is 3.08. The third kappa shape index (κ3) is 4.04. The van der Waals surface area contributed by atoms with E-state index in [9.17, 15) is 19.5 Å². The maximum absolute atomic E-state index is 12.5. The summed E-state index contributed by atoms with van der Waals surface area (Å²) in [6, 6.07) is 2.78. The lowest BCUT2D eigenvalue weighted by Crippen LogP contribution is -2.40. The summed E-state index contributed by atoms with van der Waals surface area (Å²) < 4.78 is 0. The Morgan fingerprint density at radius 2 is 1.70 bits per heavy atom. The monoisotopic (exact) mass is 450 g/mol. The summed E-state index contributed by atoms with van der Waals surface area (Å²) >= 11 is 0. The van der Waals surface area contributed by atoms with Gasteiger partial charge in [-0.3, -0.25) is 14.4 Å². The second-order valence-electron chi connectivity index (χ2n) is 8.83. The highest BCUT2D eigenvalue weighted by atomic mass is 16.3. The Morgan fingerprint density at radius 1 is 1.06 bits per heavy atom. The van der Waals surface area contributed by atoms with E-state index in [1.165, 1.54) is 31.3 Å². The lowest BCUT2D eigenvalue weighted by atomic mass is 9.79. The first kappa shape index (κ1) is 22.4. The van der Waals surface area contributed by atoms with Gasteiger partial charge in [-0.25, -0.2) is 15.0 Å². The van der Waals surface area contributed by atoms with Crippen LogP contribution in [0.3, 0.4) is 0 Å². The number of rotatable bonds is 7. The molecule has 1 aliphatic rings. The molecular formula is C23H26N6O4. The molecule has 0 saturated heterocycles. The van der Waals surface area contributed by atoms with Crippen LogP contribution in [0.4, 0.5) is 17.1 Å². The second-order valence-corrected chi connectivity index (χ2v) is 8.83. The molecule has 0 radical (unpaired) electrons. The van der Waals surface area contributed by atoms with Crippen LogP contribution in [0.25, 0.3) is 0 Å². The number of nitrogens with zero attached hydrogens (tertiary/aromatic N) is 4. The zero-order valence-corrected chi connectivity index (χ0v) is 18.8. The molecule has 1 fully saturated rings. The summed E-state index contributed by atoms with van der Waals surface area (Å²) in [6.45, 7) is 2.13. The number of hydrogen-bond donors (Lipinski definition) is 3. The molecule has 0 aliphatic heterocycles. The molecule has 2 heterocycles. The minimum Gasteiger partial charge on any atom is -0.504 e. The van der Waals surface area contributed by atoms with E-state index >= 15 is 0 Å². The number of nitrogens with one attached hydrogen (secondary N) is 2. The van der Waals surface area contributed by atoms with Crippen molar-refractivity contribution in [3.63, 3.8) is 0 Å². The number of aromatic hydroxyl groups is 1. The molecule has 10 heteroatoms. The molecule has 1 amide bonds. The van der Waals surface area contributed by atoms with Crippen molar-refractivity contribution in [2.45, 2.75) is 38.6 Å². The van der Waals surface area contributed by atoms with Crippen LogP contribution in [-0.2, 0) is 0 Å². The van der Waals surface area contributed by atoms with Crippen LogP contribution < -0.4 is 21.5 Å². The standard InChI is InChI=1S/C23H26N6O4/c1-23(8-4-5-9-23)20(21-25-10-6-11-26-21)28-15-14(18(31)19(15)32)27-13-7-12-24-16(17(13)30)22(33)29(2)3/h6-7,10-12,20,28,30H,4-5,8-9H2,1-3H3,(H,24,27)/t20-/m0/s1. The molecule has 1 aromatic carbocycles. The maximum Gasteiger partial charge on any atom is 0.275 e. The van der Waals surface area contributed by atoms with Crippen molar-refractivity contribution in [2.75, 3.05) is 24.7 Å². The normalized spacial score (nSPS) is 15.8. The summed E-state index contributed by atoms with van der Waals surface area (Å²) in [5.74, 6) is -0.345. The van der Waals surface area contributed by atoms with E-state index in [1.807, 2.05) is 0 Å². The number of carbonyl (C=O) groups is 1. The van der Waals surface area contributed by atoms with Gasteiger partial charge < -0.3 is 20.6 Å². The molecule has 33 heavy (non-hydrogen) atoms. The predicted molar refractivity (Wildman–Crippen MR) is 124 cm³/mol. The zero-order valence-electron chi connectivity index (χ0n) is 18.8. The lowest BCUT2D eigenvalue weighted by Gasteiger charge is -2.35. The van der Waals surface area contributed by atoms with Crippen molar-refractivity contribution < 1.29 is 9.90 Å². The van der Waals surface area contributed by atoms with Gasteiger partial charge in [0.25, 0.3) is 16.8 Å². The quantitative estimate of drug-likeness (QED) is 0.463. The molecule has 10 nitrogen and oxygen atoms in total. The van der Waals surface area contributed by atoms with Gasteiger partial charge in [-0.15, -0.1) is 0 Å². The van der Waals surface area contributed by atoms with Crippen LogP contribution in [0.2, 0.25) is 0 Å². The fourth-order valence-corrected chi connectivity index (χ4v) is 4.33. The molecule has 1 atom stereocenters. The summed E-state index contributed by atoms with van der Waals surface area (Å²) in [5.41, 5.74) is -1.48. The number of aromatic nitrogens is 3. The number of carbonyl (C=O) groups excluding carboxylic acids is 1. The third-order valence-corrected chi connectivity index (χ3v) is 6.28. The Morgan fingerprint density at radius 3 is 2.33 bits per heavy atom. The average Bonchev–Trinajstić information content (AvgIpc) is 3.26. The van der Waals surface area contributed by atoms with E-state index in [-0.39, 0.29) is 34.2 Å². The summed E-state index contributed by atoms with van der Waals surface area (Å²) in [4.78, 5) is 51.2. The molecule has 3 N–H and O–H groups in total. The van der Waals surface area contributed by atoms with E-state index in [0.29, 0.717) is 5.82 Å². The van der Waals surface area contributed by atoms with Crippen LogP contribution in [0.1, 0.15) is 55.0 Å². The van der Waals surface area contributed by atoms with Crippen LogP contribution in [0.15, 0.2) is 40.3 Å². The Kier molecular flexibility index (Phi) is 5.84. The SMILES string of the molecule is CN(C)C(=O)c1nccc(Nc2c(N[C@@H](c3ncccn3)C3(C)CCCC3)c(=O)c2=O)c1O. The van der Waals surface area contributed by atoms with Gasteiger partial charge in [0.1, 0.15) is 11.4 Å². The van der Waals surface area contributed by atoms with Crippen molar-refractivity contribution in [1.29, 1.82) is 0 Å². The molecule has 2 aromatic heterocycles. The first-order valence-corrected chi connectivity index (χ1v) is 10.8. The van der Waals surface area contributed by atoms with Gasteiger partial charge in [0.15, 0.2) is 17.3 Å². The highest BCUT2D eigenvalue weighted by Crippen LogP contribution is 2.48. The molecule has 1 aliphatic carbocycles. The van der Waals surface area contributed by atoms with E-state index < -0.39 is 22.5 Å². The molecule has 172 valence electrons. The van der Waals surface area contributed by atoms with Gasteiger partial charge in [0, 0.05) is 32.7 Å². The van der Waals surface area contributed by atoms with Crippen molar-refractivity contribution in [3.05, 3.63) is 62.7 Å².